The highest BCUT2D eigenvalue weighted by molar-refractivity contribution is 5.76. The SMILES string of the molecule is CC/C=C/CC/C=C/CC/C=C/C(O)C(CO)NC(=O)CCCCCCCCCCCCCCCCCCC/C=C\C/C=C\CCCCCCCCCCCCC. The van der Waals surface area contributed by atoms with Crippen molar-refractivity contribution in [1.29, 1.82) is 0 Å². The molecule has 3 N–H and O–H groups in total. The van der Waals surface area contributed by atoms with Crippen LogP contribution < -0.4 is 5.32 Å². The second-order valence-corrected chi connectivity index (χ2v) is 16.8. The molecule has 0 radical (unpaired) electrons. The number of nitrogens with one attached hydrogen (secondary N) is 1. The van der Waals surface area contributed by atoms with Crippen LogP contribution in [-0.2, 0) is 4.79 Å². The molecule has 0 bridgehead atoms. The Balaban J connectivity index is 3.43. The molecular weight excluding hydrogens is 699 g/mol. The van der Waals surface area contributed by atoms with Gasteiger partial charge in [-0.15, -0.1) is 0 Å². The summed E-state index contributed by atoms with van der Waals surface area (Å²) < 4.78 is 0. The average molecular weight is 796 g/mol. The van der Waals surface area contributed by atoms with Crippen LogP contribution in [0.4, 0.5) is 0 Å². The number of unbranched alkanes of at least 4 members (excludes halogenated alkanes) is 30. The fourth-order valence-electron chi connectivity index (χ4n) is 7.43. The van der Waals surface area contributed by atoms with Gasteiger partial charge in [0.2, 0.25) is 5.91 Å². The van der Waals surface area contributed by atoms with Gasteiger partial charge in [0.05, 0.1) is 18.8 Å². The summed E-state index contributed by atoms with van der Waals surface area (Å²) in [5.74, 6) is -0.0801. The summed E-state index contributed by atoms with van der Waals surface area (Å²) in [6, 6.07) is -0.644. The Kier molecular flexibility index (Phi) is 46.8. The largest absolute Gasteiger partial charge is 0.394 e. The number of aliphatic hydroxyl groups is 2. The molecule has 0 aliphatic rings. The van der Waals surface area contributed by atoms with Crippen molar-refractivity contribution in [2.45, 2.75) is 264 Å². The first-order valence-corrected chi connectivity index (χ1v) is 25.0. The van der Waals surface area contributed by atoms with E-state index in [0.29, 0.717) is 6.42 Å². The van der Waals surface area contributed by atoms with Crippen LogP contribution in [0, 0.1) is 0 Å². The molecule has 0 aromatic rings. The Morgan fingerprint density at radius 3 is 1.19 bits per heavy atom. The summed E-state index contributed by atoms with van der Waals surface area (Å²) >= 11 is 0. The topological polar surface area (TPSA) is 69.6 Å². The van der Waals surface area contributed by atoms with E-state index in [2.05, 4.69) is 67.8 Å². The molecule has 2 atom stereocenters. The molecule has 0 spiro atoms. The highest BCUT2D eigenvalue weighted by atomic mass is 16.3. The maximum Gasteiger partial charge on any atom is 0.220 e. The minimum atomic E-state index is -0.869. The van der Waals surface area contributed by atoms with Gasteiger partial charge >= 0.3 is 0 Å². The minimum Gasteiger partial charge on any atom is -0.394 e. The predicted molar refractivity (Wildman–Crippen MR) is 253 cm³/mol. The van der Waals surface area contributed by atoms with Crippen molar-refractivity contribution in [2.75, 3.05) is 6.61 Å². The molecule has 0 aliphatic heterocycles. The first kappa shape index (κ1) is 55.1. The lowest BCUT2D eigenvalue weighted by Crippen LogP contribution is -2.45. The molecule has 57 heavy (non-hydrogen) atoms. The van der Waals surface area contributed by atoms with E-state index in [1.165, 1.54) is 180 Å². The van der Waals surface area contributed by atoms with Gasteiger partial charge in [-0.2, -0.15) is 0 Å². The second kappa shape index (κ2) is 48.5. The summed E-state index contributed by atoms with van der Waals surface area (Å²) in [5.41, 5.74) is 0. The fraction of sp³-hybridized carbons (Fsp3) is 0.792. The Morgan fingerprint density at radius 2 is 0.789 bits per heavy atom. The van der Waals surface area contributed by atoms with Crippen LogP contribution in [0.15, 0.2) is 60.8 Å². The molecule has 1 amide bonds. The van der Waals surface area contributed by atoms with Crippen molar-refractivity contribution in [2.24, 2.45) is 0 Å². The Morgan fingerprint density at radius 1 is 0.439 bits per heavy atom. The molecule has 4 heteroatoms. The molecular formula is C53H97NO3. The van der Waals surface area contributed by atoms with Gasteiger partial charge in [0.25, 0.3) is 0 Å². The van der Waals surface area contributed by atoms with Crippen molar-refractivity contribution in [1.82, 2.24) is 5.32 Å². The maximum atomic E-state index is 12.4. The van der Waals surface area contributed by atoms with Crippen molar-refractivity contribution in [3.8, 4) is 0 Å². The molecule has 332 valence electrons. The zero-order valence-electron chi connectivity index (χ0n) is 38.1. The van der Waals surface area contributed by atoms with E-state index in [9.17, 15) is 15.0 Å². The highest BCUT2D eigenvalue weighted by Gasteiger charge is 2.17. The third kappa shape index (κ3) is 45.0. The minimum absolute atomic E-state index is 0.0801. The van der Waals surface area contributed by atoms with Gasteiger partial charge in [-0.3, -0.25) is 4.79 Å². The maximum absolute atomic E-state index is 12.4. The molecule has 0 saturated carbocycles. The zero-order valence-corrected chi connectivity index (χ0v) is 38.1. The monoisotopic (exact) mass is 796 g/mol. The highest BCUT2D eigenvalue weighted by Crippen LogP contribution is 2.16. The van der Waals surface area contributed by atoms with Crippen LogP contribution >= 0.6 is 0 Å². The summed E-state index contributed by atoms with van der Waals surface area (Å²) in [7, 11) is 0. The number of hydrogen-bond donors (Lipinski definition) is 3. The molecule has 4 nitrogen and oxygen atoms in total. The van der Waals surface area contributed by atoms with Gasteiger partial charge in [0.15, 0.2) is 0 Å². The van der Waals surface area contributed by atoms with Gasteiger partial charge < -0.3 is 15.5 Å². The van der Waals surface area contributed by atoms with Crippen molar-refractivity contribution < 1.29 is 15.0 Å². The zero-order chi connectivity index (χ0) is 41.4. The Labute approximate surface area is 356 Å². The summed E-state index contributed by atoms with van der Waals surface area (Å²) in [6.07, 6.45) is 68.1. The Bertz CT molecular complexity index is 950. The molecule has 0 fully saturated rings. The molecule has 2 unspecified atom stereocenters. The van der Waals surface area contributed by atoms with Gasteiger partial charge in [-0.05, 0) is 70.6 Å². The van der Waals surface area contributed by atoms with Gasteiger partial charge in [-0.1, -0.05) is 235 Å². The summed E-state index contributed by atoms with van der Waals surface area (Å²) in [6.45, 7) is 4.18. The van der Waals surface area contributed by atoms with Crippen LogP contribution in [0.2, 0.25) is 0 Å². The fourth-order valence-corrected chi connectivity index (χ4v) is 7.43. The summed E-state index contributed by atoms with van der Waals surface area (Å²) in [5, 5.41) is 22.9. The van der Waals surface area contributed by atoms with Crippen LogP contribution in [-0.4, -0.2) is 34.9 Å². The smallest absolute Gasteiger partial charge is 0.220 e. The van der Waals surface area contributed by atoms with Crippen molar-refractivity contribution in [3.05, 3.63) is 60.8 Å². The summed E-state index contributed by atoms with van der Waals surface area (Å²) in [4.78, 5) is 12.4. The van der Waals surface area contributed by atoms with Gasteiger partial charge in [0.1, 0.15) is 0 Å². The number of carbonyl (C=O) groups excluding carboxylic acids is 1. The van der Waals surface area contributed by atoms with Crippen LogP contribution in [0.3, 0.4) is 0 Å². The van der Waals surface area contributed by atoms with E-state index in [4.69, 9.17) is 0 Å². The average Bonchev–Trinajstić information content (AvgIpc) is 3.22. The lowest BCUT2D eigenvalue weighted by molar-refractivity contribution is -0.123. The molecule has 0 aromatic carbocycles. The second-order valence-electron chi connectivity index (χ2n) is 16.8. The molecule has 0 aromatic heterocycles. The number of aliphatic hydroxyl groups excluding tert-OH is 2. The van der Waals surface area contributed by atoms with E-state index in [-0.39, 0.29) is 12.5 Å². The number of rotatable bonds is 45. The van der Waals surface area contributed by atoms with Crippen LogP contribution in [0.25, 0.3) is 0 Å². The van der Waals surface area contributed by atoms with Gasteiger partial charge in [-0.25, -0.2) is 0 Å². The van der Waals surface area contributed by atoms with Crippen LogP contribution in [0.1, 0.15) is 251 Å². The van der Waals surface area contributed by atoms with Crippen molar-refractivity contribution in [3.63, 3.8) is 0 Å². The van der Waals surface area contributed by atoms with Crippen LogP contribution in [0.5, 0.6) is 0 Å². The van der Waals surface area contributed by atoms with E-state index >= 15 is 0 Å². The number of amides is 1. The quantitative estimate of drug-likeness (QED) is 0.0425. The third-order valence-electron chi connectivity index (χ3n) is 11.2. The molecule has 0 heterocycles. The normalized spacial score (nSPS) is 13.4. The third-order valence-corrected chi connectivity index (χ3v) is 11.2. The Hall–Kier alpha value is -1.91. The van der Waals surface area contributed by atoms with E-state index in [1.807, 2.05) is 6.08 Å². The molecule has 0 rings (SSSR count). The number of hydrogen-bond acceptors (Lipinski definition) is 3. The number of carbonyl (C=O) groups is 1. The van der Waals surface area contributed by atoms with E-state index in [0.717, 1.165) is 51.4 Å². The number of allylic oxidation sites excluding steroid dienone is 9. The lowest BCUT2D eigenvalue weighted by Gasteiger charge is -2.19. The lowest BCUT2D eigenvalue weighted by atomic mass is 10.0. The first-order chi connectivity index (χ1) is 28.2. The standard InChI is InChI=1S/C53H97NO3/c1-3-5-7-9-11-13-15-16-17-18-19-20-21-22-23-24-25-26-27-28-29-30-31-32-33-34-35-36-37-38-39-41-43-45-47-49-53(57)54-51(50-55)52(56)48-46-44-42-40-14-12-10-8-6-4-2/h6,8,14,21-22,24-25,40,46,48,51-52,55-56H,3-5,7,9-13,15-20,23,26-39,41-45,47,49-50H2,1-2H3,(H,54,57)/b8-6+,22-21-,25-24-,40-14+,48-46+. The predicted octanol–water partition coefficient (Wildman–Crippen LogP) is 16.1. The van der Waals surface area contributed by atoms with E-state index < -0.39 is 12.1 Å². The first-order valence-electron chi connectivity index (χ1n) is 25.0. The molecule has 0 saturated heterocycles. The van der Waals surface area contributed by atoms with Gasteiger partial charge in [0, 0.05) is 6.42 Å². The van der Waals surface area contributed by atoms with E-state index in [1.54, 1.807) is 6.08 Å². The molecule has 0 aliphatic carbocycles. The van der Waals surface area contributed by atoms with Crippen molar-refractivity contribution >= 4 is 5.91 Å².